The van der Waals surface area contributed by atoms with E-state index in [0.29, 0.717) is 43.7 Å². The summed E-state index contributed by atoms with van der Waals surface area (Å²) in [7, 11) is -3.45. The molecular formula is C17H27N3O3S. The van der Waals surface area contributed by atoms with Gasteiger partial charge in [-0.2, -0.15) is 4.31 Å². The van der Waals surface area contributed by atoms with Gasteiger partial charge < -0.3 is 11.1 Å². The number of amides is 1. The van der Waals surface area contributed by atoms with E-state index in [1.807, 2.05) is 13.8 Å². The van der Waals surface area contributed by atoms with Crippen LogP contribution < -0.4 is 11.1 Å². The number of carbonyl (C=O) groups is 1. The lowest BCUT2D eigenvalue weighted by Gasteiger charge is -2.31. The zero-order valence-corrected chi connectivity index (χ0v) is 15.2. The van der Waals surface area contributed by atoms with Gasteiger partial charge in [0.15, 0.2) is 0 Å². The van der Waals surface area contributed by atoms with Gasteiger partial charge in [-0.3, -0.25) is 4.79 Å². The summed E-state index contributed by atoms with van der Waals surface area (Å²) < 4.78 is 26.8. The van der Waals surface area contributed by atoms with E-state index in [-0.39, 0.29) is 18.0 Å². The zero-order valence-electron chi connectivity index (χ0n) is 14.4. The molecule has 1 unspecified atom stereocenters. The Balaban J connectivity index is 1.88. The Kier molecular flexibility index (Phi) is 6.37. The molecule has 0 saturated carbocycles. The number of sulfonamides is 1. The molecule has 6 nitrogen and oxygen atoms in total. The maximum atomic E-state index is 12.6. The molecule has 0 spiro atoms. The molecule has 1 heterocycles. The topological polar surface area (TPSA) is 92.5 Å². The van der Waals surface area contributed by atoms with Gasteiger partial charge in [0.05, 0.1) is 4.90 Å². The number of nitrogens with zero attached hydrogens (tertiary/aromatic N) is 1. The number of piperidine rings is 1. The molecule has 1 aromatic carbocycles. The lowest BCUT2D eigenvalue weighted by atomic mass is 10.1. The number of hydrogen-bond donors (Lipinski definition) is 2. The smallest absolute Gasteiger partial charge is 0.243 e. The fraction of sp³-hybridized carbons (Fsp3) is 0.588. The van der Waals surface area contributed by atoms with Crippen LogP contribution in [-0.2, 0) is 14.8 Å². The average Bonchev–Trinajstić information content (AvgIpc) is 2.54. The van der Waals surface area contributed by atoms with Gasteiger partial charge >= 0.3 is 0 Å². The van der Waals surface area contributed by atoms with Crippen molar-refractivity contribution in [2.24, 2.45) is 5.73 Å². The molecule has 134 valence electrons. The predicted molar refractivity (Wildman–Crippen MR) is 94.0 cm³/mol. The van der Waals surface area contributed by atoms with Crippen LogP contribution in [0.15, 0.2) is 29.2 Å². The number of hydrogen-bond acceptors (Lipinski definition) is 4. The normalized spacial score (nSPS) is 18.3. The Bertz CT molecular complexity index is 648. The highest BCUT2D eigenvalue weighted by Gasteiger charge is 2.29. The number of rotatable bonds is 6. The fourth-order valence-corrected chi connectivity index (χ4v) is 4.23. The lowest BCUT2D eigenvalue weighted by Crippen LogP contribution is -2.46. The van der Waals surface area contributed by atoms with Crippen LogP contribution >= 0.6 is 0 Å². The summed E-state index contributed by atoms with van der Waals surface area (Å²) in [5, 5.41) is 2.98. The van der Waals surface area contributed by atoms with Crippen molar-refractivity contribution in [1.82, 2.24) is 9.62 Å². The molecule has 0 bridgehead atoms. The largest absolute Gasteiger partial charge is 0.353 e. The van der Waals surface area contributed by atoms with E-state index in [9.17, 15) is 13.2 Å². The molecule has 1 atom stereocenters. The van der Waals surface area contributed by atoms with E-state index < -0.39 is 10.0 Å². The van der Waals surface area contributed by atoms with Crippen molar-refractivity contribution in [3.05, 3.63) is 29.8 Å². The van der Waals surface area contributed by atoms with Crippen molar-refractivity contribution in [3.8, 4) is 0 Å². The molecule has 0 aliphatic carbocycles. The highest BCUT2D eigenvalue weighted by atomic mass is 32.2. The SMILES string of the molecule is Cc1ccc(S(=O)(=O)N2CCC(NC(=O)CCC(C)N)CC2)cc1. The predicted octanol–water partition coefficient (Wildman–Crippen LogP) is 1.39. The van der Waals surface area contributed by atoms with Crippen LogP contribution in [0.25, 0.3) is 0 Å². The molecule has 0 radical (unpaired) electrons. The monoisotopic (exact) mass is 353 g/mol. The third kappa shape index (κ3) is 5.03. The second-order valence-corrected chi connectivity index (χ2v) is 8.51. The van der Waals surface area contributed by atoms with Crippen molar-refractivity contribution < 1.29 is 13.2 Å². The van der Waals surface area contributed by atoms with Crippen LogP contribution in [0.3, 0.4) is 0 Å². The second kappa shape index (κ2) is 8.09. The Morgan fingerprint density at radius 2 is 1.88 bits per heavy atom. The molecule has 3 N–H and O–H groups in total. The van der Waals surface area contributed by atoms with Gasteiger partial charge in [0.1, 0.15) is 0 Å². The van der Waals surface area contributed by atoms with E-state index in [1.54, 1.807) is 24.3 Å². The lowest BCUT2D eigenvalue weighted by molar-refractivity contribution is -0.122. The summed E-state index contributed by atoms with van der Waals surface area (Å²) in [6.45, 7) is 4.65. The van der Waals surface area contributed by atoms with Crippen molar-refractivity contribution in [3.63, 3.8) is 0 Å². The van der Waals surface area contributed by atoms with Crippen molar-refractivity contribution in [1.29, 1.82) is 0 Å². The Hall–Kier alpha value is -1.44. The Morgan fingerprint density at radius 3 is 2.42 bits per heavy atom. The van der Waals surface area contributed by atoms with Gasteiger partial charge in [0.2, 0.25) is 15.9 Å². The molecule has 2 rings (SSSR count). The molecular weight excluding hydrogens is 326 g/mol. The third-order valence-electron chi connectivity index (χ3n) is 4.30. The van der Waals surface area contributed by atoms with Crippen LogP contribution in [0.1, 0.15) is 38.2 Å². The van der Waals surface area contributed by atoms with Gasteiger partial charge in [0.25, 0.3) is 0 Å². The molecule has 1 aliphatic rings. The first kappa shape index (κ1) is 18.9. The number of nitrogens with two attached hydrogens (primary N) is 1. The third-order valence-corrected chi connectivity index (χ3v) is 6.22. The number of benzene rings is 1. The minimum atomic E-state index is -3.45. The van der Waals surface area contributed by atoms with Gasteiger partial charge in [-0.1, -0.05) is 17.7 Å². The number of carbonyl (C=O) groups excluding carboxylic acids is 1. The zero-order chi connectivity index (χ0) is 17.7. The summed E-state index contributed by atoms with van der Waals surface area (Å²) in [6.07, 6.45) is 2.34. The van der Waals surface area contributed by atoms with Crippen LogP contribution in [0.4, 0.5) is 0 Å². The first-order chi connectivity index (χ1) is 11.3. The number of nitrogens with one attached hydrogen (secondary N) is 1. The summed E-state index contributed by atoms with van der Waals surface area (Å²) in [5.41, 5.74) is 6.68. The van der Waals surface area contributed by atoms with Crippen LogP contribution in [0, 0.1) is 6.92 Å². The van der Waals surface area contributed by atoms with Gasteiger partial charge in [-0.25, -0.2) is 8.42 Å². The summed E-state index contributed by atoms with van der Waals surface area (Å²) in [6, 6.07) is 6.95. The highest BCUT2D eigenvalue weighted by Crippen LogP contribution is 2.21. The number of aryl methyl sites for hydroxylation is 1. The Labute approximate surface area is 144 Å². The van der Waals surface area contributed by atoms with Crippen LogP contribution in [-0.4, -0.2) is 43.8 Å². The molecule has 24 heavy (non-hydrogen) atoms. The van der Waals surface area contributed by atoms with Crippen LogP contribution in [0.5, 0.6) is 0 Å². The highest BCUT2D eigenvalue weighted by molar-refractivity contribution is 7.89. The second-order valence-electron chi connectivity index (χ2n) is 6.57. The van der Waals surface area contributed by atoms with Crippen molar-refractivity contribution >= 4 is 15.9 Å². The van der Waals surface area contributed by atoms with Crippen LogP contribution in [0.2, 0.25) is 0 Å². The van der Waals surface area contributed by atoms with Gasteiger partial charge in [-0.15, -0.1) is 0 Å². The maximum absolute atomic E-state index is 12.6. The minimum Gasteiger partial charge on any atom is -0.353 e. The first-order valence-corrected chi connectivity index (χ1v) is 9.85. The van der Waals surface area contributed by atoms with Gasteiger partial charge in [0, 0.05) is 31.6 Å². The van der Waals surface area contributed by atoms with E-state index in [0.717, 1.165) is 5.56 Å². The quantitative estimate of drug-likeness (QED) is 0.808. The van der Waals surface area contributed by atoms with Gasteiger partial charge in [-0.05, 0) is 45.2 Å². The molecule has 1 aromatic rings. The average molecular weight is 353 g/mol. The summed E-state index contributed by atoms with van der Waals surface area (Å²) in [5.74, 6) is -0.00728. The molecule has 1 amide bonds. The Morgan fingerprint density at radius 1 is 1.29 bits per heavy atom. The van der Waals surface area contributed by atoms with Crippen molar-refractivity contribution in [2.75, 3.05) is 13.1 Å². The molecule has 1 fully saturated rings. The first-order valence-electron chi connectivity index (χ1n) is 8.41. The van der Waals surface area contributed by atoms with E-state index >= 15 is 0 Å². The maximum Gasteiger partial charge on any atom is 0.243 e. The fourth-order valence-electron chi connectivity index (χ4n) is 2.76. The summed E-state index contributed by atoms with van der Waals surface area (Å²) in [4.78, 5) is 12.2. The van der Waals surface area contributed by atoms with E-state index in [4.69, 9.17) is 5.73 Å². The molecule has 7 heteroatoms. The molecule has 1 saturated heterocycles. The molecule has 0 aromatic heterocycles. The van der Waals surface area contributed by atoms with E-state index in [1.165, 1.54) is 4.31 Å². The summed E-state index contributed by atoms with van der Waals surface area (Å²) >= 11 is 0. The standard InChI is InChI=1S/C17H27N3O3S/c1-13-3-6-16(7-4-13)24(22,23)20-11-9-15(10-12-20)19-17(21)8-5-14(2)18/h3-4,6-7,14-15H,5,8-12,18H2,1-2H3,(H,19,21). The van der Waals surface area contributed by atoms with E-state index in [2.05, 4.69) is 5.32 Å². The molecule has 1 aliphatic heterocycles. The van der Waals surface area contributed by atoms with Crippen molar-refractivity contribution in [2.45, 2.75) is 56.5 Å². The minimum absolute atomic E-state index is 0.00728.